The van der Waals surface area contributed by atoms with Crippen LogP contribution in [-0.2, 0) is 11.2 Å². The van der Waals surface area contributed by atoms with Crippen molar-refractivity contribution in [2.75, 3.05) is 10.6 Å². The lowest BCUT2D eigenvalue weighted by Crippen LogP contribution is -2.18. The van der Waals surface area contributed by atoms with Crippen LogP contribution >= 0.6 is 22.9 Å². The van der Waals surface area contributed by atoms with Crippen LogP contribution in [0, 0.1) is 0 Å². The van der Waals surface area contributed by atoms with Crippen molar-refractivity contribution in [2.45, 2.75) is 12.8 Å². The van der Waals surface area contributed by atoms with Gasteiger partial charge in [-0.15, -0.1) is 11.3 Å². The Balaban J connectivity index is 1.37. The molecule has 0 spiro atoms. The minimum atomic E-state index is -0.337. The highest BCUT2D eigenvalue weighted by Gasteiger charge is 2.15. The predicted octanol–water partition coefficient (Wildman–Crippen LogP) is 5.28. The van der Waals surface area contributed by atoms with Crippen LogP contribution in [0.15, 0.2) is 70.6 Å². The van der Waals surface area contributed by atoms with Gasteiger partial charge < -0.3 is 15.2 Å². The number of para-hydroxylation sites is 1. The summed E-state index contributed by atoms with van der Waals surface area (Å²) < 4.78 is 5.22. The molecule has 0 radical (unpaired) electrons. The number of benzene rings is 2. The maximum absolute atomic E-state index is 12.7. The Morgan fingerprint density at radius 1 is 1.00 bits per heavy atom. The van der Waals surface area contributed by atoms with Crippen molar-refractivity contribution in [1.82, 2.24) is 10.1 Å². The normalized spacial score (nSPS) is 10.6. The molecule has 4 rings (SSSR count). The second-order valence-electron chi connectivity index (χ2n) is 6.54. The van der Waals surface area contributed by atoms with E-state index in [0.717, 1.165) is 4.88 Å². The molecule has 2 heterocycles. The molecule has 0 atom stereocenters. The van der Waals surface area contributed by atoms with E-state index in [-0.39, 0.29) is 18.2 Å². The van der Waals surface area contributed by atoms with E-state index in [1.165, 1.54) is 11.3 Å². The number of amides is 2. The fourth-order valence-electron chi connectivity index (χ4n) is 2.82. The lowest BCUT2D eigenvalue weighted by atomic mass is 10.1. The molecule has 4 aromatic rings. The number of nitrogens with zero attached hydrogens (tertiary/aromatic N) is 2. The number of hydrogen-bond donors (Lipinski definition) is 2. The molecule has 2 aromatic heterocycles. The number of rotatable bonds is 7. The minimum Gasteiger partial charge on any atom is -0.339 e. The zero-order valence-corrected chi connectivity index (χ0v) is 17.7. The first kappa shape index (κ1) is 20.8. The summed E-state index contributed by atoms with van der Waals surface area (Å²) in [5.41, 5.74) is 1.38. The highest BCUT2D eigenvalue weighted by molar-refractivity contribution is 7.13. The SMILES string of the molecule is O=C(CCc1nc(-c2cccs2)no1)Nc1ccccc1C(=O)Nc1ccc(Cl)cc1. The predicted molar refractivity (Wildman–Crippen MR) is 120 cm³/mol. The number of carbonyl (C=O) groups excluding carboxylic acids is 2. The van der Waals surface area contributed by atoms with Gasteiger partial charge in [-0.25, -0.2) is 0 Å². The number of anilines is 2. The van der Waals surface area contributed by atoms with E-state index >= 15 is 0 Å². The largest absolute Gasteiger partial charge is 0.339 e. The molecule has 0 aliphatic rings. The maximum Gasteiger partial charge on any atom is 0.257 e. The van der Waals surface area contributed by atoms with Crippen molar-refractivity contribution in [1.29, 1.82) is 0 Å². The zero-order valence-electron chi connectivity index (χ0n) is 16.2. The summed E-state index contributed by atoms with van der Waals surface area (Å²) in [7, 11) is 0. The summed E-state index contributed by atoms with van der Waals surface area (Å²) in [5.74, 6) is 0.292. The molecule has 2 aromatic carbocycles. The molecular formula is C22H17ClN4O3S. The first-order valence-electron chi connectivity index (χ1n) is 9.41. The Labute approximate surface area is 187 Å². The van der Waals surface area contributed by atoms with Gasteiger partial charge in [0.05, 0.1) is 16.1 Å². The Morgan fingerprint density at radius 3 is 2.58 bits per heavy atom. The third kappa shape index (κ3) is 5.36. The third-order valence-electron chi connectivity index (χ3n) is 4.32. The van der Waals surface area contributed by atoms with Gasteiger partial charge in [0.1, 0.15) is 0 Å². The highest BCUT2D eigenvalue weighted by Crippen LogP contribution is 2.22. The fraction of sp³-hybridized carbons (Fsp3) is 0.0909. The summed E-state index contributed by atoms with van der Waals surface area (Å²) in [5, 5.41) is 12.0. The number of halogens is 1. The molecule has 0 aliphatic carbocycles. The minimum absolute atomic E-state index is 0.138. The van der Waals surface area contributed by atoms with E-state index in [1.54, 1.807) is 48.5 Å². The fourth-order valence-corrected chi connectivity index (χ4v) is 3.59. The highest BCUT2D eigenvalue weighted by atomic mass is 35.5. The van der Waals surface area contributed by atoms with Crippen LogP contribution in [0.1, 0.15) is 22.7 Å². The van der Waals surface area contributed by atoms with Gasteiger partial charge >= 0.3 is 0 Å². The molecule has 9 heteroatoms. The number of thiophene rings is 1. The zero-order chi connectivity index (χ0) is 21.6. The van der Waals surface area contributed by atoms with E-state index in [4.69, 9.17) is 16.1 Å². The third-order valence-corrected chi connectivity index (χ3v) is 5.44. The number of aryl methyl sites for hydroxylation is 1. The molecule has 0 unspecified atom stereocenters. The molecule has 0 saturated heterocycles. The molecule has 31 heavy (non-hydrogen) atoms. The van der Waals surface area contributed by atoms with Crippen molar-refractivity contribution in [3.05, 3.63) is 82.5 Å². The van der Waals surface area contributed by atoms with Crippen LogP contribution in [0.5, 0.6) is 0 Å². The van der Waals surface area contributed by atoms with E-state index in [1.807, 2.05) is 17.5 Å². The summed E-state index contributed by atoms with van der Waals surface area (Å²) in [4.78, 5) is 30.3. The van der Waals surface area contributed by atoms with Crippen molar-refractivity contribution < 1.29 is 14.1 Å². The van der Waals surface area contributed by atoms with Gasteiger partial charge in [0.15, 0.2) is 0 Å². The molecule has 156 valence electrons. The molecule has 0 saturated carbocycles. The lowest BCUT2D eigenvalue weighted by molar-refractivity contribution is -0.116. The van der Waals surface area contributed by atoms with Crippen LogP contribution < -0.4 is 10.6 Å². The molecule has 0 aliphatic heterocycles. The van der Waals surface area contributed by atoms with Crippen LogP contribution in [0.2, 0.25) is 5.02 Å². The van der Waals surface area contributed by atoms with Crippen LogP contribution in [0.3, 0.4) is 0 Å². The first-order valence-corrected chi connectivity index (χ1v) is 10.7. The quantitative estimate of drug-likeness (QED) is 0.398. The Hall–Kier alpha value is -3.49. The monoisotopic (exact) mass is 452 g/mol. The smallest absolute Gasteiger partial charge is 0.257 e. The van der Waals surface area contributed by atoms with Gasteiger partial charge in [-0.05, 0) is 47.8 Å². The van der Waals surface area contributed by atoms with E-state index < -0.39 is 0 Å². The van der Waals surface area contributed by atoms with Gasteiger partial charge in [-0.1, -0.05) is 35.0 Å². The van der Waals surface area contributed by atoms with Crippen molar-refractivity contribution in [2.24, 2.45) is 0 Å². The molecule has 7 nitrogen and oxygen atoms in total. The Kier molecular flexibility index (Phi) is 6.40. The van der Waals surface area contributed by atoms with Gasteiger partial charge in [0.2, 0.25) is 17.6 Å². The number of aromatic nitrogens is 2. The molecular weight excluding hydrogens is 436 g/mol. The summed E-state index contributed by atoms with van der Waals surface area (Å²) >= 11 is 7.39. The van der Waals surface area contributed by atoms with E-state index in [0.29, 0.717) is 40.1 Å². The van der Waals surface area contributed by atoms with Gasteiger partial charge in [-0.3, -0.25) is 9.59 Å². The standard InChI is InChI=1S/C22H17ClN4O3S/c23-14-7-9-15(10-8-14)24-22(29)16-4-1-2-5-17(16)25-19(28)11-12-20-26-21(27-30-20)18-6-3-13-31-18/h1-10,13H,11-12H2,(H,24,29)(H,25,28). The average molecular weight is 453 g/mol. The van der Waals surface area contributed by atoms with Crippen molar-refractivity contribution in [3.8, 4) is 10.7 Å². The summed E-state index contributed by atoms with van der Waals surface area (Å²) in [6.07, 6.45) is 0.433. The summed E-state index contributed by atoms with van der Waals surface area (Å²) in [6, 6.07) is 17.4. The molecule has 0 bridgehead atoms. The average Bonchev–Trinajstić information content (AvgIpc) is 3.46. The van der Waals surface area contributed by atoms with E-state index in [9.17, 15) is 9.59 Å². The van der Waals surface area contributed by atoms with Gasteiger partial charge in [-0.2, -0.15) is 4.98 Å². The van der Waals surface area contributed by atoms with Gasteiger partial charge in [0.25, 0.3) is 5.91 Å². The van der Waals surface area contributed by atoms with Gasteiger partial charge in [0, 0.05) is 23.6 Å². The molecule has 0 fully saturated rings. The number of nitrogens with one attached hydrogen (secondary N) is 2. The topological polar surface area (TPSA) is 97.1 Å². The molecule has 2 N–H and O–H groups in total. The van der Waals surface area contributed by atoms with Crippen molar-refractivity contribution in [3.63, 3.8) is 0 Å². The number of hydrogen-bond acceptors (Lipinski definition) is 6. The van der Waals surface area contributed by atoms with E-state index in [2.05, 4.69) is 20.8 Å². The van der Waals surface area contributed by atoms with Crippen LogP contribution in [0.25, 0.3) is 10.7 Å². The lowest BCUT2D eigenvalue weighted by Gasteiger charge is -2.11. The van der Waals surface area contributed by atoms with Crippen LogP contribution in [0.4, 0.5) is 11.4 Å². The van der Waals surface area contributed by atoms with Crippen LogP contribution in [-0.4, -0.2) is 22.0 Å². The first-order chi connectivity index (χ1) is 15.1. The maximum atomic E-state index is 12.7. The molecule has 2 amide bonds. The summed E-state index contributed by atoms with van der Waals surface area (Å²) in [6.45, 7) is 0. The second-order valence-corrected chi connectivity index (χ2v) is 7.93. The number of carbonyl (C=O) groups is 2. The Bertz CT molecular complexity index is 1190. The van der Waals surface area contributed by atoms with Crippen molar-refractivity contribution >= 4 is 46.1 Å². The second kappa shape index (κ2) is 9.55. The Morgan fingerprint density at radius 2 is 1.81 bits per heavy atom.